The molecular formula is C91H154O28. The Hall–Kier alpha value is -3.58. The fraction of sp³-hybridized carbons (Fsp3) is 0.846. The van der Waals surface area contributed by atoms with Gasteiger partial charge in [-0.05, 0) is 136 Å². The molecule has 28 nitrogen and oxygen atoms in total. The van der Waals surface area contributed by atoms with Gasteiger partial charge >= 0.3 is 11.9 Å². The van der Waals surface area contributed by atoms with Gasteiger partial charge in [0.1, 0.15) is 48.8 Å². The number of cyclic esters (lactones) is 2. The minimum absolute atomic E-state index is 0.0181. The third-order valence-corrected chi connectivity index (χ3v) is 26.2. The van der Waals surface area contributed by atoms with Crippen molar-refractivity contribution in [3.63, 3.8) is 0 Å². The van der Waals surface area contributed by atoms with Crippen LogP contribution in [-0.2, 0) is 94.9 Å². The molecule has 0 radical (unpaired) electrons. The van der Waals surface area contributed by atoms with Gasteiger partial charge in [0.05, 0.1) is 135 Å². The van der Waals surface area contributed by atoms with Crippen LogP contribution in [0.3, 0.4) is 0 Å². The number of allylic oxidation sites excluding steroid dienone is 4. The van der Waals surface area contributed by atoms with Gasteiger partial charge in [0, 0.05) is 124 Å². The Labute approximate surface area is 709 Å². The van der Waals surface area contributed by atoms with Crippen LogP contribution in [0.2, 0.25) is 0 Å². The zero-order valence-corrected chi connectivity index (χ0v) is 74.7. The second-order valence-electron chi connectivity index (χ2n) is 35.4. The van der Waals surface area contributed by atoms with E-state index in [9.17, 15) is 50.4 Å². The second-order valence-corrected chi connectivity index (χ2v) is 35.4. The SMILES string of the molecule is CO[C@@H]1C[C@@H](O)C[C@@H](O)[C@H](C)[C@@H]([C@@H](C)[C@@H](O)[C@@H](C)CC[C@H]2C[C@H](OC)C[C@H](C)O2)OC(=O)/C=C/C(C)=C/C[C@H](O[C@H]2OC[C@H](O)[C@@H](OC)[C@H]2OC)C[C@@H]2C=CC[C@@H](C[C@H](OC)[C@@H](C)[C@@H](O)C[C@@H](O)[C@H](C)[C@@H]([C@@H](C)[C@@H](O)[C@@H](C)CC[C@H]3C[C@H](OC)C[C@H](C)O3)OC(=O)/C=C/C(C)=C/C[C@H](O[C@H]3OC[C@H](O)[C@@H](OC)[C@H]3OC)C[C@@H]3C=CC[C@@H](C1)O3)O2. The third-order valence-electron chi connectivity index (χ3n) is 26.2. The third kappa shape index (κ3) is 32.0. The van der Waals surface area contributed by atoms with Crippen molar-refractivity contribution in [3.8, 4) is 0 Å². The molecule has 4 bridgehead atoms. The van der Waals surface area contributed by atoms with Crippen molar-refractivity contribution >= 4 is 11.9 Å². The minimum atomic E-state index is -1.23. The van der Waals surface area contributed by atoms with E-state index < -0.39 is 182 Å². The summed E-state index contributed by atoms with van der Waals surface area (Å²) in [6.07, 6.45) is 6.46. The molecule has 0 spiro atoms. The molecule has 7 heterocycles. The van der Waals surface area contributed by atoms with Gasteiger partial charge in [0.2, 0.25) is 0 Å². The smallest absolute Gasteiger partial charge is 0.331 e. The molecule has 7 aliphatic rings. The summed E-state index contributed by atoms with van der Waals surface area (Å²) in [4.78, 5) is 28.8. The largest absolute Gasteiger partial charge is 0.458 e. The Bertz CT molecular complexity index is 3080. The fourth-order valence-corrected chi connectivity index (χ4v) is 18.5. The van der Waals surface area contributed by atoms with Crippen molar-refractivity contribution in [3.05, 3.63) is 71.9 Å². The molecule has 7 aliphatic heterocycles. The van der Waals surface area contributed by atoms with E-state index in [0.29, 0.717) is 75.4 Å². The van der Waals surface area contributed by atoms with Crippen LogP contribution in [0.1, 0.15) is 198 Å². The molecule has 0 unspecified atom stereocenters. The zero-order chi connectivity index (χ0) is 87.3. The summed E-state index contributed by atoms with van der Waals surface area (Å²) in [5, 5.41) is 95.0. The molecule has 0 amide bonds. The van der Waals surface area contributed by atoms with E-state index in [4.69, 9.17) is 85.3 Å². The lowest BCUT2D eigenvalue weighted by Gasteiger charge is -2.40. The number of aliphatic hydroxyl groups is 8. The van der Waals surface area contributed by atoms with Crippen molar-refractivity contribution in [2.75, 3.05) is 70.1 Å². The quantitative estimate of drug-likeness (QED) is 0.0329. The van der Waals surface area contributed by atoms with Crippen LogP contribution in [0.5, 0.6) is 0 Å². The van der Waals surface area contributed by atoms with E-state index in [1.807, 2.05) is 98.8 Å². The average molecular weight is 1700 g/mol. The van der Waals surface area contributed by atoms with Crippen molar-refractivity contribution in [2.24, 2.45) is 41.4 Å². The van der Waals surface area contributed by atoms with Crippen molar-refractivity contribution in [2.45, 2.75) is 382 Å². The number of hydrogen-bond acceptors (Lipinski definition) is 28. The molecule has 4 saturated heterocycles. The summed E-state index contributed by atoms with van der Waals surface area (Å²) in [6, 6.07) is 0. The summed E-state index contributed by atoms with van der Waals surface area (Å²) in [6.45, 7) is 20.5. The first-order chi connectivity index (χ1) is 56.7. The van der Waals surface area contributed by atoms with E-state index in [1.54, 1.807) is 54.4 Å². The minimum Gasteiger partial charge on any atom is -0.458 e. The molecule has 28 heteroatoms. The highest BCUT2D eigenvalue weighted by Gasteiger charge is 2.47. The highest BCUT2D eigenvalue weighted by Crippen LogP contribution is 2.38. The van der Waals surface area contributed by atoms with Crippen molar-refractivity contribution < 1.29 is 136 Å². The van der Waals surface area contributed by atoms with Gasteiger partial charge in [0.15, 0.2) is 12.6 Å². The van der Waals surface area contributed by atoms with Gasteiger partial charge in [-0.3, -0.25) is 0 Å². The number of aliphatic hydroxyl groups excluding tert-OH is 8. The summed E-state index contributed by atoms with van der Waals surface area (Å²) in [7, 11) is 12.5. The maximum atomic E-state index is 14.4. The fourth-order valence-electron chi connectivity index (χ4n) is 18.5. The van der Waals surface area contributed by atoms with E-state index >= 15 is 0 Å². The Balaban J connectivity index is 1.19. The molecule has 0 aliphatic carbocycles. The summed E-state index contributed by atoms with van der Waals surface area (Å²) >= 11 is 0. The monoisotopic (exact) mass is 1700 g/mol. The molecule has 119 heavy (non-hydrogen) atoms. The van der Waals surface area contributed by atoms with Crippen LogP contribution < -0.4 is 0 Å². The Morgan fingerprint density at radius 3 is 1.21 bits per heavy atom. The van der Waals surface area contributed by atoms with Crippen molar-refractivity contribution in [1.29, 1.82) is 0 Å². The lowest BCUT2D eigenvalue weighted by atomic mass is 9.78. The van der Waals surface area contributed by atoms with Crippen LogP contribution in [0.4, 0.5) is 0 Å². The molecule has 686 valence electrons. The van der Waals surface area contributed by atoms with Gasteiger partial charge < -0.3 is 126 Å². The topological polar surface area (TPSA) is 362 Å². The molecule has 37 atom stereocenters. The Morgan fingerprint density at radius 1 is 0.412 bits per heavy atom. The van der Waals surface area contributed by atoms with Crippen molar-refractivity contribution in [1.82, 2.24) is 0 Å². The number of rotatable bonds is 24. The predicted octanol–water partition coefficient (Wildman–Crippen LogP) is 9.41. The first kappa shape index (κ1) is 102. The predicted molar refractivity (Wildman–Crippen MR) is 445 cm³/mol. The van der Waals surface area contributed by atoms with E-state index in [-0.39, 0.29) is 99.9 Å². The molecule has 0 aromatic heterocycles. The molecule has 0 saturated carbocycles. The number of esters is 2. The van der Waals surface area contributed by atoms with Crippen LogP contribution in [-0.4, -0.2) is 306 Å². The molecule has 0 aromatic carbocycles. The van der Waals surface area contributed by atoms with Gasteiger partial charge in [-0.15, -0.1) is 0 Å². The number of methoxy groups -OCH3 is 8. The standard InChI is InChI=1S/C91H154O28/c1-51-26-32-69(116-90-88(108-18)86(106-16)77(96)49-110-90)42-63-22-20-24-65(114-63)44-73(104-14)40-62(92)41-74(93)58(8)84(60(10)82(100)53(3)30-34-67-45-71(102-12)38-55(5)112-67)118-80(98)36-28-52(2)27-33-70(117-91-89(109-19)87(107-17)78(97)50-111-91)43-64-23-21-25-66(115-64)47-79(105-15)57(7)75(94)48-76(95)59(9)85(119-81(99)37-29-51)61(11)83(101)54(4)31-35-68-46-72(103-13)39-56(6)113-68/h20-23,26-29,36-37,53-79,82-97,100-101H,24-25,30-35,38-50H2,1-19H3/b36-28+,37-29+,51-26+,52-27+/t53-,54-,55-,56-,57-,58-,59-,60-,61-,62+,63-,64-,65-,66-,67-,68-,69-,70-,71+,72+,73+,74+,75-,76+,77-,78-,79-,82-,83-,84-,85-,86+,87+,88+,89+,90+,91+/m0/s1. The number of carbonyl (C=O) groups is 2. The van der Waals surface area contributed by atoms with E-state index in [0.717, 1.165) is 25.7 Å². The highest BCUT2D eigenvalue weighted by atomic mass is 16.7. The van der Waals surface area contributed by atoms with Gasteiger partial charge in [-0.1, -0.05) is 108 Å². The maximum absolute atomic E-state index is 14.4. The lowest BCUT2D eigenvalue weighted by molar-refractivity contribution is -0.293. The number of fused-ring (bicyclic) bond motifs is 4. The Kier molecular flexibility index (Phi) is 44.7. The summed E-state index contributed by atoms with van der Waals surface area (Å²) in [5.41, 5.74) is 1.34. The summed E-state index contributed by atoms with van der Waals surface area (Å²) < 4.78 is 111. The number of ether oxygens (including phenoxy) is 18. The highest BCUT2D eigenvalue weighted by molar-refractivity contribution is 5.83. The maximum Gasteiger partial charge on any atom is 0.331 e. The van der Waals surface area contributed by atoms with Gasteiger partial charge in [-0.2, -0.15) is 0 Å². The molecular weight excluding hydrogens is 1540 g/mol. The van der Waals surface area contributed by atoms with E-state index in [1.165, 1.54) is 40.6 Å². The molecule has 8 N–H and O–H groups in total. The lowest BCUT2D eigenvalue weighted by Crippen LogP contribution is -2.56. The van der Waals surface area contributed by atoms with E-state index in [2.05, 4.69) is 0 Å². The zero-order valence-electron chi connectivity index (χ0n) is 74.7. The number of carbonyl (C=O) groups excluding carboxylic acids is 2. The molecule has 7 rings (SSSR count). The molecule has 0 aromatic rings. The van der Waals surface area contributed by atoms with Crippen LogP contribution in [0.15, 0.2) is 71.9 Å². The van der Waals surface area contributed by atoms with Gasteiger partial charge in [0.25, 0.3) is 0 Å². The first-order valence-corrected chi connectivity index (χ1v) is 44.0. The molecule has 4 fully saturated rings. The van der Waals surface area contributed by atoms with Crippen LogP contribution in [0, 0.1) is 41.4 Å². The average Bonchev–Trinajstić information content (AvgIpc) is 0.892. The normalized spacial score (nSPS) is 41.9. The number of hydrogen-bond donors (Lipinski definition) is 8. The van der Waals surface area contributed by atoms with Gasteiger partial charge in [-0.25, -0.2) is 9.59 Å². The first-order valence-electron chi connectivity index (χ1n) is 44.0. The Morgan fingerprint density at radius 2 is 0.807 bits per heavy atom. The second kappa shape index (κ2) is 51.9. The van der Waals surface area contributed by atoms with Crippen LogP contribution >= 0.6 is 0 Å². The van der Waals surface area contributed by atoms with Crippen LogP contribution in [0.25, 0.3) is 0 Å². The summed E-state index contributed by atoms with van der Waals surface area (Å²) in [5.74, 6) is -5.50.